The molecule has 162 valence electrons. The molecule has 1 aromatic carbocycles. The summed E-state index contributed by atoms with van der Waals surface area (Å²) in [5.74, 6) is -1.10. The Labute approximate surface area is 175 Å². The fourth-order valence-corrected chi connectivity index (χ4v) is 3.47. The van der Waals surface area contributed by atoms with Gasteiger partial charge in [-0.3, -0.25) is 9.59 Å². The Balaban J connectivity index is 1.88. The zero-order valence-electron chi connectivity index (χ0n) is 17.7. The van der Waals surface area contributed by atoms with Crippen LogP contribution in [0.2, 0.25) is 0 Å². The van der Waals surface area contributed by atoms with Crippen LogP contribution in [-0.2, 0) is 25.5 Å². The van der Waals surface area contributed by atoms with Crippen molar-refractivity contribution >= 4 is 24.0 Å². The van der Waals surface area contributed by atoms with Gasteiger partial charge in [-0.15, -0.1) is 0 Å². The fraction of sp³-hybridized carbons (Fsp3) is 0.524. The third-order valence-corrected chi connectivity index (χ3v) is 4.82. The van der Waals surface area contributed by atoms with E-state index in [1.165, 1.54) is 16.9 Å². The van der Waals surface area contributed by atoms with Crippen LogP contribution in [0.5, 0.6) is 0 Å². The second kappa shape index (κ2) is 8.33. The van der Waals surface area contributed by atoms with Crippen LogP contribution in [0.25, 0.3) is 0 Å². The molecular formula is C21H27N3O6. The van der Waals surface area contributed by atoms with Gasteiger partial charge in [-0.2, -0.15) is 0 Å². The second-order valence-electron chi connectivity index (χ2n) is 8.36. The number of benzene rings is 1. The highest BCUT2D eigenvalue weighted by atomic mass is 16.6. The number of imide groups is 1. The van der Waals surface area contributed by atoms with Gasteiger partial charge in [0.05, 0.1) is 0 Å². The second-order valence-corrected chi connectivity index (χ2v) is 8.36. The predicted octanol–water partition coefficient (Wildman–Crippen LogP) is 2.35. The number of hydrazine groups is 1. The van der Waals surface area contributed by atoms with Crippen molar-refractivity contribution in [1.82, 2.24) is 14.9 Å². The van der Waals surface area contributed by atoms with Gasteiger partial charge < -0.3 is 9.47 Å². The van der Waals surface area contributed by atoms with Gasteiger partial charge in [0.15, 0.2) is 6.10 Å². The molecule has 9 heteroatoms. The van der Waals surface area contributed by atoms with Crippen LogP contribution in [0.4, 0.5) is 9.59 Å². The van der Waals surface area contributed by atoms with E-state index in [4.69, 9.17) is 9.47 Å². The quantitative estimate of drug-likeness (QED) is 0.746. The number of hydrogen-bond acceptors (Lipinski definition) is 6. The van der Waals surface area contributed by atoms with Crippen molar-refractivity contribution in [1.29, 1.82) is 0 Å². The minimum absolute atomic E-state index is 0.117. The number of hydrogen-bond donors (Lipinski definition) is 0. The molecule has 0 saturated carbocycles. The molecule has 0 aliphatic carbocycles. The largest absolute Gasteiger partial charge is 0.442 e. The van der Waals surface area contributed by atoms with Crippen molar-refractivity contribution in [3.05, 3.63) is 35.9 Å². The van der Waals surface area contributed by atoms with Crippen LogP contribution in [-0.4, -0.2) is 69.8 Å². The van der Waals surface area contributed by atoms with Crippen LogP contribution in [0.1, 0.15) is 39.7 Å². The molecule has 30 heavy (non-hydrogen) atoms. The first-order chi connectivity index (χ1) is 14.1. The first-order valence-electron chi connectivity index (χ1n) is 9.98. The Morgan fingerprint density at radius 1 is 1.13 bits per heavy atom. The molecule has 0 spiro atoms. The molecule has 2 saturated heterocycles. The lowest BCUT2D eigenvalue weighted by molar-refractivity contribution is -0.151. The molecule has 0 radical (unpaired) electrons. The number of nitrogens with zero attached hydrogens (tertiary/aromatic N) is 3. The average Bonchev–Trinajstić information content (AvgIpc) is 3.24. The van der Waals surface area contributed by atoms with Crippen molar-refractivity contribution < 1.29 is 28.7 Å². The zero-order chi connectivity index (χ0) is 22.1. The summed E-state index contributed by atoms with van der Waals surface area (Å²) in [5, 5.41) is 2.51. The van der Waals surface area contributed by atoms with E-state index in [-0.39, 0.29) is 13.0 Å². The van der Waals surface area contributed by atoms with Crippen LogP contribution in [0.3, 0.4) is 0 Å². The highest BCUT2D eigenvalue weighted by Gasteiger charge is 2.48. The minimum Gasteiger partial charge on any atom is -0.442 e. The number of amides is 4. The van der Waals surface area contributed by atoms with Crippen molar-refractivity contribution in [2.75, 3.05) is 13.1 Å². The highest BCUT2D eigenvalue weighted by Crippen LogP contribution is 2.24. The van der Waals surface area contributed by atoms with Crippen molar-refractivity contribution in [2.45, 2.75) is 58.3 Å². The summed E-state index contributed by atoms with van der Waals surface area (Å²) < 4.78 is 10.4. The van der Waals surface area contributed by atoms with E-state index in [0.29, 0.717) is 13.0 Å². The molecule has 2 atom stereocenters. The normalized spacial score (nSPS) is 20.4. The molecule has 2 aliphatic heterocycles. The zero-order valence-corrected chi connectivity index (χ0v) is 17.7. The highest BCUT2D eigenvalue weighted by molar-refractivity contribution is 6.04. The monoisotopic (exact) mass is 417 g/mol. The van der Waals surface area contributed by atoms with E-state index >= 15 is 0 Å². The first kappa shape index (κ1) is 21.6. The molecule has 0 bridgehead atoms. The standard InChI is InChI=1S/C21H27N3O6/c1-14-17(25)24(20(28)29-14)16(13-15-9-6-5-7-10-15)18(26)22-11-8-12-23(22)19(27)30-21(2,3)4/h5-7,9-10,14,16H,8,11-13H2,1-4H3/t14-,16+/m1/s1. The van der Waals surface area contributed by atoms with Gasteiger partial charge in [-0.25, -0.2) is 24.5 Å². The number of ether oxygens (including phenoxy) is 2. The summed E-state index contributed by atoms with van der Waals surface area (Å²) >= 11 is 0. The van der Waals surface area contributed by atoms with Crippen molar-refractivity contribution in [3.63, 3.8) is 0 Å². The molecule has 4 amide bonds. The third-order valence-electron chi connectivity index (χ3n) is 4.82. The van der Waals surface area contributed by atoms with Crippen LogP contribution < -0.4 is 0 Å². The van der Waals surface area contributed by atoms with Gasteiger partial charge in [-0.1, -0.05) is 30.3 Å². The summed E-state index contributed by atoms with van der Waals surface area (Å²) in [5.41, 5.74) is 0.0566. The van der Waals surface area contributed by atoms with Gasteiger partial charge in [0.25, 0.3) is 11.8 Å². The minimum atomic E-state index is -1.12. The lowest BCUT2D eigenvalue weighted by Crippen LogP contribution is -2.56. The Kier molecular flexibility index (Phi) is 6.00. The summed E-state index contributed by atoms with van der Waals surface area (Å²) in [7, 11) is 0. The molecule has 0 aromatic heterocycles. The SMILES string of the molecule is C[C@H]1OC(=O)N([C@@H](Cc2ccccc2)C(=O)N2CCCN2C(=O)OC(C)(C)C)C1=O. The smallest absolute Gasteiger partial charge is 0.429 e. The van der Waals surface area contributed by atoms with Gasteiger partial charge in [-0.05, 0) is 39.7 Å². The molecule has 0 N–H and O–H groups in total. The van der Waals surface area contributed by atoms with E-state index in [0.717, 1.165) is 10.5 Å². The van der Waals surface area contributed by atoms with Crippen LogP contribution >= 0.6 is 0 Å². The maximum Gasteiger partial charge on any atom is 0.429 e. The van der Waals surface area contributed by atoms with Crippen molar-refractivity contribution in [3.8, 4) is 0 Å². The molecule has 0 unspecified atom stereocenters. The van der Waals surface area contributed by atoms with Crippen LogP contribution in [0, 0.1) is 0 Å². The molecule has 2 fully saturated rings. The van der Waals surface area contributed by atoms with E-state index < -0.39 is 41.7 Å². The number of carbonyl (C=O) groups excluding carboxylic acids is 4. The lowest BCUT2D eigenvalue weighted by atomic mass is 10.0. The fourth-order valence-electron chi connectivity index (χ4n) is 3.47. The summed E-state index contributed by atoms with van der Waals surface area (Å²) in [6, 6.07) is 7.96. The maximum atomic E-state index is 13.5. The average molecular weight is 417 g/mol. The topological polar surface area (TPSA) is 96.5 Å². The Hall–Kier alpha value is -3.10. The Morgan fingerprint density at radius 2 is 1.77 bits per heavy atom. The van der Waals surface area contributed by atoms with Crippen molar-refractivity contribution in [2.24, 2.45) is 0 Å². The Bertz CT molecular complexity index is 835. The number of carbonyl (C=O) groups is 4. The number of cyclic esters (lactones) is 1. The maximum absolute atomic E-state index is 13.5. The number of rotatable bonds is 4. The van der Waals surface area contributed by atoms with Gasteiger partial charge in [0, 0.05) is 19.5 Å². The molecular weight excluding hydrogens is 390 g/mol. The van der Waals surface area contributed by atoms with Gasteiger partial charge in [0.1, 0.15) is 11.6 Å². The van der Waals surface area contributed by atoms with Gasteiger partial charge >= 0.3 is 12.2 Å². The molecule has 9 nitrogen and oxygen atoms in total. The molecule has 1 aromatic rings. The molecule has 2 aliphatic rings. The van der Waals surface area contributed by atoms with E-state index in [2.05, 4.69) is 0 Å². The Morgan fingerprint density at radius 3 is 2.33 bits per heavy atom. The lowest BCUT2D eigenvalue weighted by Gasteiger charge is -2.34. The van der Waals surface area contributed by atoms with Gasteiger partial charge in [0.2, 0.25) is 0 Å². The summed E-state index contributed by atoms with van der Waals surface area (Å²) in [6.07, 6.45) is -1.77. The first-order valence-corrected chi connectivity index (χ1v) is 9.98. The van der Waals surface area contributed by atoms with E-state index in [1.54, 1.807) is 20.8 Å². The third kappa shape index (κ3) is 4.55. The summed E-state index contributed by atoms with van der Waals surface area (Å²) in [4.78, 5) is 51.9. The van der Waals surface area contributed by atoms with Crippen LogP contribution in [0.15, 0.2) is 30.3 Å². The van der Waals surface area contributed by atoms with E-state index in [9.17, 15) is 19.2 Å². The molecule has 3 rings (SSSR count). The predicted molar refractivity (Wildman–Crippen MR) is 106 cm³/mol. The molecule has 2 heterocycles. The summed E-state index contributed by atoms with van der Waals surface area (Å²) in [6.45, 7) is 7.29. The van der Waals surface area contributed by atoms with E-state index in [1.807, 2.05) is 30.3 Å².